The van der Waals surface area contributed by atoms with E-state index >= 15 is 0 Å². The molecule has 1 heterocycles. The molecule has 1 N–H and O–H groups in total. The van der Waals surface area contributed by atoms with Crippen LogP contribution in [0.5, 0.6) is 0 Å². The Balaban J connectivity index is 2.64. The standard InChI is InChI=1S/C8H15N3O/c1-5(2)7-10-8(12-11-7)9-6(3)4/h5-6H,1-4H3,(H,9,10,11). The zero-order valence-electron chi connectivity index (χ0n) is 7.96. The molecule has 1 aromatic heterocycles. The first-order valence-electron chi connectivity index (χ1n) is 4.19. The van der Waals surface area contributed by atoms with Gasteiger partial charge in [-0.3, -0.25) is 0 Å². The summed E-state index contributed by atoms with van der Waals surface area (Å²) in [5.74, 6) is 1.06. The number of aromatic nitrogens is 2. The van der Waals surface area contributed by atoms with Gasteiger partial charge in [-0.25, -0.2) is 0 Å². The molecule has 0 unspecified atom stereocenters. The molecular formula is C8H15N3O. The first kappa shape index (κ1) is 9.03. The Morgan fingerprint density at radius 1 is 1.25 bits per heavy atom. The van der Waals surface area contributed by atoms with E-state index in [0.29, 0.717) is 18.0 Å². The molecule has 0 aliphatic heterocycles. The lowest BCUT2D eigenvalue weighted by atomic mass is 10.2. The second-order valence-electron chi connectivity index (χ2n) is 3.41. The molecule has 0 aromatic carbocycles. The maximum Gasteiger partial charge on any atom is 0.321 e. The number of anilines is 1. The maximum atomic E-state index is 4.96. The highest BCUT2D eigenvalue weighted by Crippen LogP contribution is 2.12. The van der Waals surface area contributed by atoms with Gasteiger partial charge in [-0.1, -0.05) is 19.0 Å². The van der Waals surface area contributed by atoms with E-state index in [9.17, 15) is 0 Å². The van der Waals surface area contributed by atoms with Crippen LogP contribution in [0, 0.1) is 0 Å². The summed E-state index contributed by atoms with van der Waals surface area (Å²) in [6, 6.07) is 0.833. The molecule has 68 valence electrons. The fourth-order valence-corrected chi connectivity index (χ4v) is 0.775. The molecule has 0 amide bonds. The van der Waals surface area contributed by atoms with Gasteiger partial charge in [0, 0.05) is 12.0 Å². The lowest BCUT2D eigenvalue weighted by molar-refractivity contribution is 0.417. The van der Waals surface area contributed by atoms with E-state index in [1.165, 1.54) is 0 Å². The normalized spacial score (nSPS) is 11.2. The third kappa shape index (κ3) is 2.22. The fraction of sp³-hybridized carbons (Fsp3) is 0.750. The van der Waals surface area contributed by atoms with Crippen LogP contribution in [0.4, 0.5) is 6.01 Å². The van der Waals surface area contributed by atoms with Crippen LogP contribution in [0.25, 0.3) is 0 Å². The van der Waals surface area contributed by atoms with Crippen LogP contribution < -0.4 is 5.32 Å². The van der Waals surface area contributed by atoms with Crippen molar-refractivity contribution >= 4 is 6.01 Å². The minimum atomic E-state index is 0.316. The Morgan fingerprint density at radius 2 is 1.92 bits per heavy atom. The van der Waals surface area contributed by atoms with E-state index in [4.69, 9.17) is 4.52 Å². The highest BCUT2D eigenvalue weighted by atomic mass is 16.5. The van der Waals surface area contributed by atoms with Gasteiger partial charge in [-0.15, -0.1) is 0 Å². The molecular weight excluding hydrogens is 154 g/mol. The summed E-state index contributed by atoms with van der Waals surface area (Å²) in [5.41, 5.74) is 0. The fourth-order valence-electron chi connectivity index (χ4n) is 0.775. The summed E-state index contributed by atoms with van der Waals surface area (Å²) < 4.78 is 4.96. The zero-order chi connectivity index (χ0) is 9.14. The van der Waals surface area contributed by atoms with Crippen LogP contribution >= 0.6 is 0 Å². The second kappa shape index (κ2) is 3.56. The van der Waals surface area contributed by atoms with Crippen molar-refractivity contribution in [2.75, 3.05) is 5.32 Å². The molecule has 0 bridgehead atoms. The van der Waals surface area contributed by atoms with E-state index < -0.39 is 0 Å². The van der Waals surface area contributed by atoms with Gasteiger partial charge in [0.1, 0.15) is 0 Å². The summed E-state index contributed by atoms with van der Waals surface area (Å²) in [6.07, 6.45) is 0. The summed E-state index contributed by atoms with van der Waals surface area (Å²) in [6.45, 7) is 8.12. The van der Waals surface area contributed by atoms with E-state index in [1.54, 1.807) is 0 Å². The Hall–Kier alpha value is -1.06. The quantitative estimate of drug-likeness (QED) is 0.752. The summed E-state index contributed by atoms with van der Waals surface area (Å²) in [7, 11) is 0. The molecule has 1 rings (SSSR count). The highest BCUT2D eigenvalue weighted by Gasteiger charge is 2.09. The molecule has 12 heavy (non-hydrogen) atoms. The molecule has 0 atom stereocenters. The van der Waals surface area contributed by atoms with Crippen LogP contribution in [0.1, 0.15) is 39.4 Å². The Bertz CT molecular complexity index is 242. The van der Waals surface area contributed by atoms with Crippen molar-refractivity contribution in [2.45, 2.75) is 39.7 Å². The van der Waals surface area contributed by atoms with Gasteiger partial charge in [-0.2, -0.15) is 4.98 Å². The molecule has 0 spiro atoms. The van der Waals surface area contributed by atoms with Gasteiger partial charge in [0.2, 0.25) is 0 Å². The van der Waals surface area contributed by atoms with Gasteiger partial charge in [0.25, 0.3) is 0 Å². The van der Waals surface area contributed by atoms with Crippen molar-refractivity contribution in [3.63, 3.8) is 0 Å². The number of nitrogens with one attached hydrogen (secondary N) is 1. The Morgan fingerprint density at radius 3 is 2.33 bits per heavy atom. The summed E-state index contributed by atoms with van der Waals surface area (Å²) in [5, 5.41) is 6.86. The average Bonchev–Trinajstić information content (AvgIpc) is 2.34. The third-order valence-electron chi connectivity index (χ3n) is 1.37. The predicted molar refractivity (Wildman–Crippen MR) is 47.1 cm³/mol. The van der Waals surface area contributed by atoms with Crippen molar-refractivity contribution < 1.29 is 4.52 Å². The largest absolute Gasteiger partial charge is 0.336 e. The van der Waals surface area contributed by atoms with E-state index in [0.717, 1.165) is 5.82 Å². The third-order valence-corrected chi connectivity index (χ3v) is 1.37. The van der Waals surface area contributed by atoms with Gasteiger partial charge in [0.05, 0.1) is 0 Å². The minimum absolute atomic E-state index is 0.316. The minimum Gasteiger partial charge on any atom is -0.336 e. The molecule has 1 aromatic rings. The van der Waals surface area contributed by atoms with Crippen molar-refractivity contribution in [1.29, 1.82) is 0 Å². The lowest BCUT2D eigenvalue weighted by Gasteiger charge is -2.01. The molecule has 0 aliphatic rings. The SMILES string of the molecule is CC(C)Nc1nc(C(C)C)no1. The van der Waals surface area contributed by atoms with Crippen molar-refractivity contribution in [1.82, 2.24) is 10.1 Å². The van der Waals surface area contributed by atoms with Crippen molar-refractivity contribution in [3.8, 4) is 0 Å². The van der Waals surface area contributed by atoms with Crippen LogP contribution in [0.2, 0.25) is 0 Å². The summed E-state index contributed by atoms with van der Waals surface area (Å²) in [4.78, 5) is 4.16. The Kier molecular flexibility index (Phi) is 2.68. The van der Waals surface area contributed by atoms with Crippen LogP contribution in [0.15, 0.2) is 4.52 Å². The highest BCUT2D eigenvalue weighted by molar-refractivity contribution is 5.19. The predicted octanol–water partition coefficient (Wildman–Crippen LogP) is 2.01. The molecule has 4 heteroatoms. The van der Waals surface area contributed by atoms with Gasteiger partial charge in [0.15, 0.2) is 5.82 Å². The monoisotopic (exact) mass is 169 g/mol. The Labute approximate surface area is 72.4 Å². The topological polar surface area (TPSA) is 51.0 Å². The molecule has 0 aliphatic carbocycles. The van der Waals surface area contributed by atoms with Crippen molar-refractivity contribution in [2.24, 2.45) is 0 Å². The molecule has 4 nitrogen and oxygen atoms in total. The maximum absolute atomic E-state index is 4.96. The van der Waals surface area contributed by atoms with E-state index in [-0.39, 0.29) is 0 Å². The molecule has 0 radical (unpaired) electrons. The van der Waals surface area contributed by atoms with Crippen molar-refractivity contribution in [3.05, 3.63) is 5.82 Å². The first-order chi connectivity index (χ1) is 5.59. The molecule has 0 saturated heterocycles. The van der Waals surface area contributed by atoms with Gasteiger partial charge in [-0.05, 0) is 13.8 Å². The summed E-state index contributed by atoms with van der Waals surface area (Å²) >= 11 is 0. The van der Waals surface area contributed by atoms with Gasteiger partial charge >= 0.3 is 6.01 Å². The van der Waals surface area contributed by atoms with E-state index in [2.05, 4.69) is 15.5 Å². The molecule has 0 fully saturated rings. The zero-order valence-corrected chi connectivity index (χ0v) is 7.96. The number of hydrogen-bond acceptors (Lipinski definition) is 4. The van der Waals surface area contributed by atoms with E-state index in [1.807, 2.05) is 27.7 Å². The smallest absolute Gasteiger partial charge is 0.321 e. The molecule has 0 saturated carbocycles. The second-order valence-corrected chi connectivity index (χ2v) is 3.41. The lowest BCUT2D eigenvalue weighted by Crippen LogP contribution is -2.09. The first-order valence-corrected chi connectivity index (χ1v) is 4.19. The van der Waals surface area contributed by atoms with Crippen LogP contribution in [-0.2, 0) is 0 Å². The number of hydrogen-bond donors (Lipinski definition) is 1. The number of nitrogens with zero attached hydrogens (tertiary/aromatic N) is 2. The van der Waals surface area contributed by atoms with Crippen LogP contribution in [0.3, 0.4) is 0 Å². The average molecular weight is 169 g/mol. The van der Waals surface area contributed by atoms with Crippen LogP contribution in [-0.4, -0.2) is 16.2 Å². The van der Waals surface area contributed by atoms with Gasteiger partial charge < -0.3 is 9.84 Å². The number of rotatable bonds is 3.